The zero-order chi connectivity index (χ0) is 6.10. The molecule has 3 rings (SSSR count). The molecule has 0 unspecified atom stereocenters. The van der Waals surface area contributed by atoms with Crippen LogP contribution in [0.2, 0.25) is 0 Å². The van der Waals surface area contributed by atoms with Gasteiger partial charge in [-0.15, -0.1) is 0 Å². The van der Waals surface area contributed by atoms with Gasteiger partial charge < -0.3 is 0 Å². The second kappa shape index (κ2) is 2.24. The van der Waals surface area contributed by atoms with Gasteiger partial charge in [-0.25, -0.2) is 0 Å². The molecule has 0 heteroatoms. The molecule has 3 aliphatic carbocycles. The van der Waals surface area contributed by atoms with Crippen LogP contribution in [0.3, 0.4) is 0 Å². The lowest BCUT2D eigenvalue weighted by atomic mass is 9.84. The number of rotatable bonds is 0. The minimum Gasteiger partial charge on any atom is -0.0459 e. The normalized spacial score (nSPS) is 41.8. The topological polar surface area (TPSA) is 0 Å². The average Bonchev–Trinajstić information content (AvgIpc) is 2.21. The van der Waals surface area contributed by atoms with E-state index in [0.29, 0.717) is 0 Å². The van der Waals surface area contributed by atoms with E-state index in [0.717, 1.165) is 11.8 Å². The first-order valence-corrected chi connectivity index (χ1v) is 4.28. The van der Waals surface area contributed by atoms with Gasteiger partial charge in [0, 0.05) is 0 Å². The van der Waals surface area contributed by atoms with E-state index in [1.165, 1.54) is 38.5 Å². The van der Waals surface area contributed by atoms with E-state index in [4.69, 9.17) is 0 Å². The number of hydrogen-bond acceptors (Lipinski definition) is 0. The van der Waals surface area contributed by atoms with Gasteiger partial charge in [-0.1, -0.05) is 0 Å². The van der Waals surface area contributed by atoms with Crippen molar-refractivity contribution in [1.82, 2.24) is 0 Å². The van der Waals surface area contributed by atoms with Crippen molar-refractivity contribution in [3.63, 3.8) is 0 Å². The predicted octanol–water partition coefficient (Wildman–Crippen LogP) is 2.79. The third-order valence-electron chi connectivity index (χ3n) is 2.97. The van der Waals surface area contributed by atoms with Gasteiger partial charge in [-0.05, 0) is 38.0 Å². The lowest BCUT2D eigenvalue weighted by Gasteiger charge is -2.17. The quantitative estimate of drug-likeness (QED) is 0.434. The maximum atomic E-state index is 2.56. The van der Waals surface area contributed by atoms with Crippen LogP contribution in [0.15, 0.2) is 0 Å². The molecule has 0 aromatic rings. The highest BCUT2D eigenvalue weighted by Gasteiger charge is 2.30. The molecule has 9 heavy (non-hydrogen) atoms. The first-order valence-electron chi connectivity index (χ1n) is 4.28. The van der Waals surface area contributed by atoms with E-state index < -0.39 is 0 Å². The van der Waals surface area contributed by atoms with Crippen LogP contribution >= 0.6 is 0 Å². The minimum atomic E-state index is 1.02. The highest BCUT2D eigenvalue weighted by Crippen LogP contribution is 2.37. The van der Waals surface area contributed by atoms with Crippen LogP contribution in [0.5, 0.6) is 0 Å². The van der Waals surface area contributed by atoms with E-state index in [2.05, 4.69) is 6.42 Å². The standard InChI is InChI=1S/C9H15/c1-2-8-4-6-9(3-1)7-5-8/h2,8-9H,1,3-7H2/q+1. The smallest absolute Gasteiger partial charge is 0.0459 e. The van der Waals surface area contributed by atoms with Gasteiger partial charge in [0.05, 0.1) is 18.8 Å². The SMILES string of the molecule is [CH+]1CCC2CCC1CC2. The molecular formula is C9H15+. The molecule has 0 aliphatic heterocycles. The summed E-state index contributed by atoms with van der Waals surface area (Å²) >= 11 is 0. The van der Waals surface area contributed by atoms with Crippen molar-refractivity contribution in [1.29, 1.82) is 0 Å². The second-order valence-electron chi connectivity index (χ2n) is 3.59. The second-order valence-corrected chi connectivity index (χ2v) is 3.59. The summed E-state index contributed by atoms with van der Waals surface area (Å²) in [5.41, 5.74) is 0. The third-order valence-corrected chi connectivity index (χ3v) is 2.97. The molecule has 2 bridgehead atoms. The Morgan fingerprint density at radius 3 is 2.44 bits per heavy atom. The Kier molecular flexibility index (Phi) is 1.41. The third kappa shape index (κ3) is 1.08. The van der Waals surface area contributed by atoms with Crippen LogP contribution in [0, 0.1) is 18.3 Å². The lowest BCUT2D eigenvalue weighted by molar-refractivity contribution is 0.324. The Morgan fingerprint density at radius 1 is 0.889 bits per heavy atom. The number of fused-ring (bicyclic) bond motifs is 4. The Hall–Kier alpha value is -0.130. The zero-order valence-corrected chi connectivity index (χ0v) is 5.97. The van der Waals surface area contributed by atoms with Crippen LogP contribution in [-0.4, -0.2) is 0 Å². The highest BCUT2D eigenvalue weighted by molar-refractivity contribution is 4.87. The van der Waals surface area contributed by atoms with Crippen molar-refractivity contribution in [3.05, 3.63) is 6.42 Å². The van der Waals surface area contributed by atoms with Crippen molar-refractivity contribution < 1.29 is 0 Å². The first-order chi connectivity index (χ1) is 4.45. The Bertz CT molecular complexity index is 70.7. The van der Waals surface area contributed by atoms with E-state index in [-0.39, 0.29) is 0 Å². The molecule has 0 N–H and O–H groups in total. The molecule has 0 spiro atoms. The summed E-state index contributed by atoms with van der Waals surface area (Å²) in [6.07, 6.45) is 11.5. The van der Waals surface area contributed by atoms with Crippen LogP contribution in [0.1, 0.15) is 38.5 Å². The first kappa shape index (κ1) is 5.64. The number of hydrogen-bond donors (Lipinski definition) is 0. The molecule has 0 aromatic carbocycles. The molecule has 0 amide bonds. The van der Waals surface area contributed by atoms with Gasteiger partial charge in [0.2, 0.25) is 0 Å². The molecule has 0 saturated heterocycles. The van der Waals surface area contributed by atoms with Crippen LogP contribution in [0.4, 0.5) is 0 Å². The molecule has 0 aromatic heterocycles. The van der Waals surface area contributed by atoms with Crippen molar-refractivity contribution >= 4 is 0 Å². The van der Waals surface area contributed by atoms with Gasteiger partial charge in [-0.3, -0.25) is 0 Å². The predicted molar refractivity (Wildman–Crippen MR) is 39.0 cm³/mol. The Morgan fingerprint density at radius 2 is 1.67 bits per heavy atom. The van der Waals surface area contributed by atoms with E-state index in [1.54, 1.807) is 0 Å². The fourth-order valence-electron chi connectivity index (χ4n) is 2.28. The molecule has 0 heterocycles. The van der Waals surface area contributed by atoms with Crippen molar-refractivity contribution in [2.75, 3.05) is 0 Å². The summed E-state index contributed by atoms with van der Waals surface area (Å²) in [6, 6.07) is 0. The summed E-state index contributed by atoms with van der Waals surface area (Å²) < 4.78 is 0. The minimum absolute atomic E-state index is 1.02. The lowest BCUT2D eigenvalue weighted by Crippen LogP contribution is -2.08. The van der Waals surface area contributed by atoms with Crippen LogP contribution in [0.25, 0.3) is 0 Å². The fraction of sp³-hybridized carbons (Fsp3) is 0.889. The van der Waals surface area contributed by atoms with Crippen LogP contribution < -0.4 is 0 Å². The van der Waals surface area contributed by atoms with E-state index in [9.17, 15) is 0 Å². The fourth-order valence-corrected chi connectivity index (χ4v) is 2.28. The van der Waals surface area contributed by atoms with Gasteiger partial charge in [0.15, 0.2) is 0 Å². The highest BCUT2D eigenvalue weighted by atomic mass is 14.3. The van der Waals surface area contributed by atoms with Gasteiger partial charge in [0.1, 0.15) is 0 Å². The molecule has 3 fully saturated rings. The summed E-state index contributed by atoms with van der Waals surface area (Å²) in [5.74, 6) is 2.13. The van der Waals surface area contributed by atoms with Crippen LogP contribution in [-0.2, 0) is 0 Å². The van der Waals surface area contributed by atoms with Crippen molar-refractivity contribution in [2.45, 2.75) is 38.5 Å². The molecule has 50 valence electrons. The largest absolute Gasteiger partial charge is 0.0977 e. The van der Waals surface area contributed by atoms with Gasteiger partial charge in [0.25, 0.3) is 0 Å². The summed E-state index contributed by atoms with van der Waals surface area (Å²) in [4.78, 5) is 0. The molecular weight excluding hydrogens is 108 g/mol. The molecule has 3 saturated carbocycles. The van der Waals surface area contributed by atoms with E-state index in [1.807, 2.05) is 0 Å². The Labute approximate surface area is 57.6 Å². The van der Waals surface area contributed by atoms with Crippen molar-refractivity contribution in [3.8, 4) is 0 Å². The van der Waals surface area contributed by atoms with E-state index >= 15 is 0 Å². The molecule has 3 aliphatic rings. The summed E-state index contributed by atoms with van der Waals surface area (Å²) in [6.45, 7) is 0. The Balaban J connectivity index is 2.03. The molecule has 0 radical (unpaired) electrons. The maximum absolute atomic E-state index is 2.56. The molecule has 0 nitrogen and oxygen atoms in total. The van der Waals surface area contributed by atoms with Gasteiger partial charge in [-0.2, -0.15) is 0 Å². The summed E-state index contributed by atoms with van der Waals surface area (Å²) in [5, 5.41) is 0. The molecule has 0 atom stereocenters. The average molecular weight is 123 g/mol. The van der Waals surface area contributed by atoms with Crippen molar-refractivity contribution in [2.24, 2.45) is 11.8 Å². The van der Waals surface area contributed by atoms with Gasteiger partial charge >= 0.3 is 0 Å². The maximum Gasteiger partial charge on any atom is 0.0977 e. The monoisotopic (exact) mass is 123 g/mol. The summed E-state index contributed by atoms with van der Waals surface area (Å²) in [7, 11) is 0. The zero-order valence-electron chi connectivity index (χ0n) is 5.97.